The van der Waals surface area contributed by atoms with Gasteiger partial charge in [-0.05, 0) is 6.07 Å². The van der Waals surface area contributed by atoms with Gasteiger partial charge in [0.25, 0.3) is 0 Å². The molecule has 0 saturated carbocycles. The Balaban J connectivity index is 1.98. The molecule has 0 aliphatic carbocycles. The molecule has 0 aliphatic heterocycles. The molecule has 0 unspecified atom stereocenters. The third kappa shape index (κ3) is 3.26. The first-order chi connectivity index (χ1) is 9.06. The van der Waals surface area contributed by atoms with Gasteiger partial charge >= 0.3 is 5.76 Å². The zero-order valence-corrected chi connectivity index (χ0v) is 10.1. The van der Waals surface area contributed by atoms with Gasteiger partial charge in [0, 0.05) is 12.6 Å². The van der Waals surface area contributed by atoms with E-state index in [-0.39, 0.29) is 6.61 Å². The highest BCUT2D eigenvalue weighted by molar-refractivity contribution is 5.85. The van der Waals surface area contributed by atoms with Crippen molar-refractivity contribution in [2.24, 2.45) is 5.73 Å². The maximum Gasteiger partial charge on any atom is 0.417 e. The average Bonchev–Trinajstić information content (AvgIpc) is 2.67. The topological polar surface area (TPSA) is 136 Å². The Bertz CT molecular complexity index is 646. The minimum atomic E-state index is -0.531. The van der Waals surface area contributed by atoms with Gasteiger partial charge in [-0.15, -0.1) is 0 Å². The van der Waals surface area contributed by atoms with E-state index in [1.807, 2.05) is 0 Å². The number of rotatable bonds is 6. The van der Waals surface area contributed by atoms with E-state index in [0.717, 1.165) is 0 Å². The smallest absolute Gasteiger partial charge is 0.408 e. The molecule has 0 bridgehead atoms. The lowest BCUT2D eigenvalue weighted by atomic mass is 10.2. The number of ether oxygens (including phenoxy) is 1. The number of primary amides is 1. The normalized spacial score (nSPS) is 10.7. The minimum absolute atomic E-state index is 0.120. The summed E-state index contributed by atoms with van der Waals surface area (Å²) in [6.07, 6.45) is 0. The Morgan fingerprint density at radius 3 is 3.00 bits per heavy atom. The summed E-state index contributed by atoms with van der Waals surface area (Å²) in [5.74, 6) is -1.05. The summed E-state index contributed by atoms with van der Waals surface area (Å²) in [4.78, 5) is 24.0. The number of benzene rings is 1. The first-order valence-corrected chi connectivity index (χ1v) is 5.58. The van der Waals surface area contributed by atoms with E-state index < -0.39 is 11.7 Å². The largest absolute Gasteiger partial charge is 0.417 e. The van der Waals surface area contributed by atoms with Crippen LogP contribution >= 0.6 is 0 Å². The molecule has 0 radical (unpaired) electrons. The first-order valence-electron chi connectivity index (χ1n) is 5.58. The van der Waals surface area contributed by atoms with Gasteiger partial charge in [-0.1, -0.05) is 0 Å². The number of anilines is 2. The van der Waals surface area contributed by atoms with Crippen molar-refractivity contribution in [1.82, 2.24) is 4.98 Å². The van der Waals surface area contributed by atoms with Crippen molar-refractivity contribution in [3.8, 4) is 0 Å². The minimum Gasteiger partial charge on any atom is -0.408 e. The van der Waals surface area contributed by atoms with Gasteiger partial charge in [0.05, 0.1) is 23.5 Å². The number of nitrogens with one attached hydrogen (secondary N) is 2. The van der Waals surface area contributed by atoms with Crippen LogP contribution in [0, 0.1) is 0 Å². The van der Waals surface area contributed by atoms with Crippen LogP contribution in [0.4, 0.5) is 11.4 Å². The van der Waals surface area contributed by atoms with Crippen LogP contribution in [0.25, 0.3) is 11.1 Å². The Hall–Kier alpha value is -2.48. The number of carbonyl (C=O) groups excluding carboxylic acids is 1. The number of H-pyrrole nitrogens is 1. The summed E-state index contributed by atoms with van der Waals surface area (Å²) in [6.45, 7) is 0.638. The molecule has 6 N–H and O–H groups in total. The number of hydrogen-bond donors (Lipinski definition) is 4. The molecule has 0 saturated heterocycles. The quantitative estimate of drug-likeness (QED) is 0.415. The van der Waals surface area contributed by atoms with E-state index in [1.165, 1.54) is 0 Å². The van der Waals surface area contributed by atoms with Crippen molar-refractivity contribution in [3.63, 3.8) is 0 Å². The molecule has 0 atom stereocenters. The van der Waals surface area contributed by atoms with Crippen molar-refractivity contribution in [3.05, 3.63) is 22.7 Å². The molecular formula is C11H14N4O4. The molecule has 8 nitrogen and oxygen atoms in total. The summed E-state index contributed by atoms with van der Waals surface area (Å²) >= 11 is 0. The lowest BCUT2D eigenvalue weighted by Gasteiger charge is -2.09. The highest BCUT2D eigenvalue weighted by Crippen LogP contribution is 2.23. The molecule has 0 aliphatic rings. The molecule has 0 fully saturated rings. The third-order valence-electron chi connectivity index (χ3n) is 2.40. The van der Waals surface area contributed by atoms with E-state index in [2.05, 4.69) is 10.3 Å². The monoisotopic (exact) mass is 266 g/mol. The number of oxazole rings is 1. The van der Waals surface area contributed by atoms with Crippen LogP contribution in [0.15, 0.2) is 21.3 Å². The van der Waals surface area contributed by atoms with Crippen LogP contribution in [0.5, 0.6) is 0 Å². The molecule has 2 aromatic rings. The molecule has 8 heteroatoms. The van der Waals surface area contributed by atoms with E-state index >= 15 is 0 Å². The van der Waals surface area contributed by atoms with Gasteiger partial charge in [-0.3, -0.25) is 9.78 Å². The number of amides is 1. The van der Waals surface area contributed by atoms with Crippen molar-refractivity contribution in [2.45, 2.75) is 0 Å². The number of nitrogen functional groups attached to an aromatic ring is 1. The van der Waals surface area contributed by atoms with Crippen molar-refractivity contribution < 1.29 is 13.9 Å². The van der Waals surface area contributed by atoms with Crippen LogP contribution < -0.4 is 22.5 Å². The molecule has 2 rings (SSSR count). The lowest BCUT2D eigenvalue weighted by Crippen LogP contribution is -2.20. The van der Waals surface area contributed by atoms with Gasteiger partial charge in [-0.25, -0.2) is 4.79 Å². The second-order valence-corrected chi connectivity index (χ2v) is 3.90. The molecule has 102 valence electrons. The van der Waals surface area contributed by atoms with Crippen LogP contribution in [0.3, 0.4) is 0 Å². The fourth-order valence-electron chi connectivity index (χ4n) is 1.60. The fraction of sp³-hybridized carbons (Fsp3) is 0.273. The summed E-state index contributed by atoms with van der Waals surface area (Å²) < 4.78 is 9.87. The Kier molecular flexibility index (Phi) is 3.71. The predicted molar refractivity (Wildman–Crippen MR) is 69.8 cm³/mol. The molecule has 1 aromatic carbocycles. The number of carbonyl (C=O) groups is 1. The van der Waals surface area contributed by atoms with Crippen molar-refractivity contribution in [2.75, 3.05) is 30.8 Å². The lowest BCUT2D eigenvalue weighted by molar-refractivity contribution is -0.122. The average molecular weight is 266 g/mol. The Morgan fingerprint density at radius 1 is 1.47 bits per heavy atom. The second kappa shape index (κ2) is 5.44. The van der Waals surface area contributed by atoms with Gasteiger partial charge in [0.15, 0.2) is 5.58 Å². The summed E-state index contributed by atoms with van der Waals surface area (Å²) in [5, 5.41) is 3.02. The molecular weight excluding hydrogens is 252 g/mol. The van der Waals surface area contributed by atoms with Gasteiger partial charge in [-0.2, -0.15) is 0 Å². The standard InChI is InChI=1S/C11H14N4O4/c12-6-3-9-8(15-11(17)19-9)4-7(6)14-1-2-18-5-10(13)16/h3-4,14H,1-2,5,12H2,(H2,13,16)(H,15,17). The van der Waals surface area contributed by atoms with Gasteiger partial charge < -0.3 is 25.9 Å². The highest BCUT2D eigenvalue weighted by atomic mass is 16.5. The van der Waals surface area contributed by atoms with E-state index in [9.17, 15) is 9.59 Å². The summed E-state index contributed by atoms with van der Waals surface area (Å²) in [5.41, 5.74) is 12.8. The van der Waals surface area contributed by atoms with E-state index in [0.29, 0.717) is 35.6 Å². The molecule has 0 spiro atoms. The van der Waals surface area contributed by atoms with E-state index in [1.54, 1.807) is 12.1 Å². The van der Waals surface area contributed by atoms with Crippen LogP contribution in [0.1, 0.15) is 0 Å². The third-order valence-corrected chi connectivity index (χ3v) is 2.40. The number of fused-ring (bicyclic) bond motifs is 1. The molecule has 19 heavy (non-hydrogen) atoms. The second-order valence-electron chi connectivity index (χ2n) is 3.90. The Labute approximate surface area is 107 Å². The van der Waals surface area contributed by atoms with Gasteiger partial charge in [0.2, 0.25) is 5.91 Å². The SMILES string of the molecule is NC(=O)COCCNc1cc2[nH]c(=O)oc2cc1N. The molecule has 1 amide bonds. The van der Waals surface area contributed by atoms with E-state index in [4.69, 9.17) is 20.6 Å². The molecule has 1 heterocycles. The summed E-state index contributed by atoms with van der Waals surface area (Å²) in [7, 11) is 0. The van der Waals surface area contributed by atoms with Crippen LogP contribution in [-0.4, -0.2) is 30.6 Å². The zero-order valence-electron chi connectivity index (χ0n) is 10.1. The number of nitrogens with two attached hydrogens (primary N) is 2. The Morgan fingerprint density at radius 2 is 2.26 bits per heavy atom. The van der Waals surface area contributed by atoms with Crippen molar-refractivity contribution >= 4 is 28.4 Å². The number of hydrogen-bond acceptors (Lipinski definition) is 6. The predicted octanol–water partition coefficient (Wildman–Crippen LogP) is -0.383. The fourth-order valence-corrected chi connectivity index (χ4v) is 1.60. The maximum absolute atomic E-state index is 11.0. The van der Waals surface area contributed by atoms with Crippen LogP contribution in [0.2, 0.25) is 0 Å². The van der Waals surface area contributed by atoms with Crippen LogP contribution in [-0.2, 0) is 9.53 Å². The number of aromatic amines is 1. The molecule has 1 aromatic heterocycles. The summed E-state index contributed by atoms with van der Waals surface area (Å²) in [6, 6.07) is 3.23. The first kappa shape index (κ1) is 13.0. The zero-order chi connectivity index (χ0) is 13.8. The highest BCUT2D eigenvalue weighted by Gasteiger charge is 2.06. The number of aromatic nitrogens is 1. The van der Waals surface area contributed by atoms with Gasteiger partial charge in [0.1, 0.15) is 6.61 Å². The van der Waals surface area contributed by atoms with Crippen molar-refractivity contribution in [1.29, 1.82) is 0 Å². The maximum atomic E-state index is 11.0.